The van der Waals surface area contributed by atoms with E-state index >= 15 is 0 Å². The van der Waals surface area contributed by atoms with Crippen LogP contribution in [0.1, 0.15) is 44.3 Å². The molecule has 1 aromatic heterocycles. The highest BCUT2D eigenvalue weighted by atomic mass is 32.2. The standard InChI is InChI=1S/C16H28N2OS/c1-5-16-11-18(6-7-20-16)10-14-8-15(19-13(14)4)9-17-12(2)3/h8,12,16-17H,5-7,9-11H2,1-4H3. The Kier molecular flexibility index (Phi) is 6.00. The van der Waals surface area contributed by atoms with Crippen molar-refractivity contribution in [3.8, 4) is 0 Å². The van der Waals surface area contributed by atoms with Crippen molar-refractivity contribution in [3.05, 3.63) is 23.2 Å². The number of nitrogens with one attached hydrogen (secondary N) is 1. The Labute approximate surface area is 127 Å². The van der Waals surface area contributed by atoms with E-state index in [4.69, 9.17) is 4.42 Å². The van der Waals surface area contributed by atoms with E-state index in [1.54, 1.807) is 0 Å². The third-order valence-electron chi connectivity index (χ3n) is 3.83. The Bertz CT molecular complexity index is 417. The van der Waals surface area contributed by atoms with Crippen LogP contribution in [0.25, 0.3) is 0 Å². The molecular formula is C16H28N2OS. The monoisotopic (exact) mass is 296 g/mol. The number of aryl methyl sites for hydroxylation is 1. The lowest BCUT2D eigenvalue weighted by molar-refractivity contribution is 0.271. The lowest BCUT2D eigenvalue weighted by Gasteiger charge is -2.31. The summed E-state index contributed by atoms with van der Waals surface area (Å²) < 4.78 is 5.87. The van der Waals surface area contributed by atoms with Crippen LogP contribution in [0, 0.1) is 6.92 Å². The van der Waals surface area contributed by atoms with Gasteiger partial charge in [0.1, 0.15) is 11.5 Å². The van der Waals surface area contributed by atoms with Gasteiger partial charge in [0.05, 0.1) is 6.54 Å². The summed E-state index contributed by atoms with van der Waals surface area (Å²) in [6.07, 6.45) is 1.27. The van der Waals surface area contributed by atoms with E-state index in [-0.39, 0.29) is 0 Å². The molecule has 1 N–H and O–H groups in total. The summed E-state index contributed by atoms with van der Waals surface area (Å²) in [5.74, 6) is 3.40. The zero-order valence-corrected chi connectivity index (χ0v) is 14.1. The Hall–Kier alpha value is -0.450. The smallest absolute Gasteiger partial charge is 0.118 e. The second kappa shape index (κ2) is 7.53. The van der Waals surface area contributed by atoms with Gasteiger partial charge >= 0.3 is 0 Å². The Morgan fingerprint density at radius 1 is 1.50 bits per heavy atom. The van der Waals surface area contributed by atoms with Crippen LogP contribution in [0.5, 0.6) is 0 Å². The molecule has 2 heterocycles. The van der Waals surface area contributed by atoms with Gasteiger partial charge in [-0.25, -0.2) is 0 Å². The summed E-state index contributed by atoms with van der Waals surface area (Å²) in [6.45, 7) is 13.0. The van der Waals surface area contributed by atoms with E-state index in [0.717, 1.165) is 29.9 Å². The number of furan rings is 1. The highest BCUT2D eigenvalue weighted by molar-refractivity contribution is 8.00. The molecule has 0 spiro atoms. The van der Waals surface area contributed by atoms with Crippen LogP contribution >= 0.6 is 11.8 Å². The van der Waals surface area contributed by atoms with Gasteiger partial charge in [-0.3, -0.25) is 4.90 Å². The fourth-order valence-corrected chi connectivity index (χ4v) is 3.80. The topological polar surface area (TPSA) is 28.4 Å². The summed E-state index contributed by atoms with van der Waals surface area (Å²) in [6, 6.07) is 2.72. The second-order valence-electron chi connectivity index (χ2n) is 5.97. The highest BCUT2D eigenvalue weighted by Crippen LogP contribution is 2.24. The van der Waals surface area contributed by atoms with E-state index in [2.05, 4.69) is 55.7 Å². The second-order valence-corrected chi connectivity index (χ2v) is 7.37. The largest absolute Gasteiger partial charge is 0.465 e. The number of thioether (sulfide) groups is 1. The molecule has 114 valence electrons. The lowest BCUT2D eigenvalue weighted by atomic mass is 10.2. The average molecular weight is 296 g/mol. The molecule has 0 aromatic carbocycles. The fraction of sp³-hybridized carbons (Fsp3) is 0.750. The number of hydrogen-bond donors (Lipinski definition) is 1. The Morgan fingerprint density at radius 2 is 2.30 bits per heavy atom. The fourth-order valence-electron chi connectivity index (χ4n) is 2.55. The molecule has 1 atom stereocenters. The summed E-state index contributed by atoms with van der Waals surface area (Å²) in [5, 5.41) is 4.22. The van der Waals surface area contributed by atoms with E-state index < -0.39 is 0 Å². The van der Waals surface area contributed by atoms with Gasteiger partial charge in [-0.05, 0) is 19.4 Å². The minimum Gasteiger partial charge on any atom is -0.465 e. The Balaban J connectivity index is 1.91. The minimum absolute atomic E-state index is 0.494. The molecule has 20 heavy (non-hydrogen) atoms. The highest BCUT2D eigenvalue weighted by Gasteiger charge is 2.20. The Morgan fingerprint density at radius 3 is 3.00 bits per heavy atom. The van der Waals surface area contributed by atoms with E-state index in [9.17, 15) is 0 Å². The van der Waals surface area contributed by atoms with Crippen molar-refractivity contribution in [2.45, 2.75) is 58.5 Å². The molecule has 1 unspecified atom stereocenters. The average Bonchev–Trinajstić information content (AvgIpc) is 2.77. The molecule has 0 saturated carbocycles. The minimum atomic E-state index is 0.494. The molecular weight excluding hydrogens is 268 g/mol. The lowest BCUT2D eigenvalue weighted by Crippen LogP contribution is -2.37. The van der Waals surface area contributed by atoms with Crippen LogP contribution in [0.4, 0.5) is 0 Å². The van der Waals surface area contributed by atoms with Gasteiger partial charge in [0, 0.05) is 42.2 Å². The first-order valence-corrected chi connectivity index (χ1v) is 8.79. The molecule has 0 radical (unpaired) electrons. The van der Waals surface area contributed by atoms with Crippen molar-refractivity contribution >= 4 is 11.8 Å². The van der Waals surface area contributed by atoms with Crippen LogP contribution in [-0.4, -0.2) is 35.0 Å². The van der Waals surface area contributed by atoms with Gasteiger partial charge in [-0.15, -0.1) is 0 Å². The maximum Gasteiger partial charge on any atom is 0.118 e. The molecule has 2 rings (SSSR count). The van der Waals surface area contributed by atoms with E-state index in [0.29, 0.717) is 6.04 Å². The van der Waals surface area contributed by atoms with Crippen molar-refractivity contribution in [1.82, 2.24) is 10.2 Å². The van der Waals surface area contributed by atoms with Gasteiger partial charge in [-0.2, -0.15) is 11.8 Å². The predicted molar refractivity (Wildman–Crippen MR) is 87.2 cm³/mol. The summed E-state index contributed by atoms with van der Waals surface area (Å²) in [7, 11) is 0. The van der Waals surface area contributed by atoms with Gasteiger partial charge in [0.2, 0.25) is 0 Å². The van der Waals surface area contributed by atoms with Crippen molar-refractivity contribution < 1.29 is 4.42 Å². The number of hydrogen-bond acceptors (Lipinski definition) is 4. The first-order valence-electron chi connectivity index (χ1n) is 7.74. The van der Waals surface area contributed by atoms with Crippen LogP contribution in [-0.2, 0) is 13.1 Å². The predicted octanol–water partition coefficient (Wildman–Crippen LogP) is 3.41. The van der Waals surface area contributed by atoms with Crippen LogP contribution < -0.4 is 5.32 Å². The first kappa shape index (κ1) is 15.9. The molecule has 0 amide bonds. The van der Waals surface area contributed by atoms with Crippen molar-refractivity contribution in [2.75, 3.05) is 18.8 Å². The molecule has 3 nitrogen and oxygen atoms in total. The van der Waals surface area contributed by atoms with Crippen molar-refractivity contribution in [1.29, 1.82) is 0 Å². The zero-order valence-electron chi connectivity index (χ0n) is 13.2. The summed E-state index contributed by atoms with van der Waals surface area (Å²) in [5.41, 5.74) is 1.35. The van der Waals surface area contributed by atoms with E-state index in [1.165, 1.54) is 30.8 Å². The van der Waals surface area contributed by atoms with Crippen molar-refractivity contribution in [2.24, 2.45) is 0 Å². The van der Waals surface area contributed by atoms with E-state index in [1.807, 2.05) is 0 Å². The van der Waals surface area contributed by atoms with Crippen LogP contribution in [0.3, 0.4) is 0 Å². The number of nitrogens with zero attached hydrogens (tertiary/aromatic N) is 1. The molecule has 1 fully saturated rings. The van der Waals surface area contributed by atoms with Crippen LogP contribution in [0.15, 0.2) is 10.5 Å². The summed E-state index contributed by atoms with van der Waals surface area (Å²) >= 11 is 2.12. The molecule has 1 aliphatic heterocycles. The molecule has 0 bridgehead atoms. The van der Waals surface area contributed by atoms with Gasteiger partial charge in [0.25, 0.3) is 0 Å². The molecule has 4 heteroatoms. The third kappa shape index (κ3) is 4.54. The molecule has 1 saturated heterocycles. The molecule has 0 aliphatic carbocycles. The first-order chi connectivity index (χ1) is 9.58. The van der Waals surface area contributed by atoms with Gasteiger partial charge in [0.15, 0.2) is 0 Å². The van der Waals surface area contributed by atoms with Gasteiger partial charge < -0.3 is 9.73 Å². The van der Waals surface area contributed by atoms with Crippen molar-refractivity contribution in [3.63, 3.8) is 0 Å². The van der Waals surface area contributed by atoms with Crippen LogP contribution in [0.2, 0.25) is 0 Å². The van der Waals surface area contributed by atoms with Gasteiger partial charge in [-0.1, -0.05) is 20.8 Å². The zero-order chi connectivity index (χ0) is 14.5. The maximum atomic E-state index is 5.87. The quantitative estimate of drug-likeness (QED) is 0.871. The number of rotatable bonds is 6. The third-order valence-corrected chi connectivity index (χ3v) is 5.20. The SMILES string of the molecule is CCC1CN(Cc2cc(CNC(C)C)oc2C)CCS1. The summed E-state index contributed by atoms with van der Waals surface area (Å²) in [4.78, 5) is 2.57. The normalized spacial score (nSPS) is 20.8. The molecule has 1 aromatic rings. The maximum absolute atomic E-state index is 5.87. The molecule has 1 aliphatic rings.